The van der Waals surface area contributed by atoms with Gasteiger partial charge in [0.1, 0.15) is 27.9 Å². The minimum absolute atomic E-state index is 0.390. The van der Waals surface area contributed by atoms with E-state index in [0.29, 0.717) is 39.3 Å². The third-order valence-electron chi connectivity index (χ3n) is 4.36. The van der Waals surface area contributed by atoms with Gasteiger partial charge in [-0.2, -0.15) is 9.61 Å². The number of carbonyl (C=O) groups is 1. The molecule has 0 spiro atoms. The maximum absolute atomic E-state index is 11.8. The van der Waals surface area contributed by atoms with Gasteiger partial charge in [0.15, 0.2) is 6.29 Å². The summed E-state index contributed by atoms with van der Waals surface area (Å²) in [7, 11) is 3.19. The van der Waals surface area contributed by atoms with Crippen molar-refractivity contribution in [3.63, 3.8) is 0 Å². The molecule has 1 aromatic carbocycles. The molecule has 132 valence electrons. The number of imidazole rings is 1. The number of ether oxygens (including phenoxy) is 2. The fourth-order valence-electron chi connectivity index (χ4n) is 2.88. The molecule has 0 N–H and O–H groups in total. The molecule has 25 heavy (non-hydrogen) atoms. The van der Waals surface area contributed by atoms with Crippen LogP contribution in [0, 0.1) is 0 Å². The first kappa shape index (κ1) is 17.4. The van der Waals surface area contributed by atoms with Gasteiger partial charge in [-0.3, -0.25) is 4.79 Å². The van der Waals surface area contributed by atoms with E-state index < -0.39 is 0 Å². The van der Waals surface area contributed by atoms with Gasteiger partial charge >= 0.3 is 0 Å². The molecule has 7 heteroatoms. The maximum atomic E-state index is 11.8. The van der Waals surface area contributed by atoms with Gasteiger partial charge in [-0.05, 0) is 31.0 Å². The van der Waals surface area contributed by atoms with E-state index in [0.717, 1.165) is 24.1 Å². The van der Waals surface area contributed by atoms with E-state index in [1.807, 2.05) is 12.1 Å². The molecule has 2 heterocycles. The summed E-state index contributed by atoms with van der Waals surface area (Å²) in [5, 5.41) is 5.65. The molecule has 0 aliphatic carbocycles. The summed E-state index contributed by atoms with van der Waals surface area (Å²) in [5.74, 6) is 1.70. The van der Waals surface area contributed by atoms with Gasteiger partial charge in [-0.1, -0.05) is 25.2 Å². The van der Waals surface area contributed by atoms with Gasteiger partial charge in [-0.15, -0.1) is 0 Å². The minimum atomic E-state index is 0.390. The second-order valence-electron chi connectivity index (χ2n) is 5.68. The largest absolute Gasteiger partial charge is 0.497 e. The summed E-state index contributed by atoms with van der Waals surface area (Å²) in [5.41, 5.74) is 1.70. The quantitative estimate of drug-likeness (QED) is 0.592. The van der Waals surface area contributed by atoms with Crippen molar-refractivity contribution < 1.29 is 14.3 Å². The number of rotatable bonds is 7. The lowest BCUT2D eigenvalue weighted by atomic mass is 10.1. The first-order valence-electron chi connectivity index (χ1n) is 8.23. The Kier molecular flexibility index (Phi) is 5.03. The number of fused-ring (bicyclic) bond motifs is 1. The molecule has 0 bridgehead atoms. The summed E-state index contributed by atoms with van der Waals surface area (Å²) in [6.07, 6.45) is 2.82. The fourth-order valence-corrected chi connectivity index (χ4v) is 4.06. The summed E-state index contributed by atoms with van der Waals surface area (Å²) >= 11 is 1.53. The first-order valence-corrected chi connectivity index (χ1v) is 9.05. The highest BCUT2D eigenvalue weighted by Gasteiger charge is 2.22. The van der Waals surface area contributed by atoms with E-state index in [1.165, 1.54) is 11.3 Å². The zero-order valence-electron chi connectivity index (χ0n) is 14.8. The molecule has 0 aliphatic rings. The number of aromatic nitrogens is 3. The van der Waals surface area contributed by atoms with Crippen LogP contribution in [0.15, 0.2) is 18.2 Å². The fraction of sp³-hybridized carbons (Fsp3) is 0.389. The Morgan fingerprint density at radius 3 is 2.60 bits per heavy atom. The molecule has 0 unspecified atom stereocenters. The van der Waals surface area contributed by atoms with Crippen LogP contribution in [0.4, 0.5) is 0 Å². The molecule has 0 aliphatic heterocycles. The highest BCUT2D eigenvalue weighted by Crippen LogP contribution is 2.36. The van der Waals surface area contributed by atoms with Crippen molar-refractivity contribution in [3.8, 4) is 22.8 Å². The molecule has 2 aromatic heterocycles. The molecule has 3 aromatic rings. The smallest absolute Gasteiger partial charge is 0.213 e. The van der Waals surface area contributed by atoms with Gasteiger partial charge in [-0.25, -0.2) is 4.98 Å². The molecule has 6 nitrogen and oxygen atoms in total. The van der Waals surface area contributed by atoms with Crippen molar-refractivity contribution in [2.24, 2.45) is 0 Å². The van der Waals surface area contributed by atoms with Crippen molar-refractivity contribution in [1.29, 1.82) is 0 Å². The van der Waals surface area contributed by atoms with Crippen molar-refractivity contribution in [2.45, 2.75) is 32.6 Å². The summed E-state index contributed by atoms with van der Waals surface area (Å²) in [6, 6.07) is 5.43. The molecule has 0 radical (unpaired) electrons. The van der Waals surface area contributed by atoms with E-state index in [2.05, 4.69) is 23.9 Å². The van der Waals surface area contributed by atoms with Crippen LogP contribution >= 0.6 is 11.3 Å². The number of methoxy groups -OCH3 is 2. The van der Waals surface area contributed by atoms with E-state index in [9.17, 15) is 4.79 Å². The van der Waals surface area contributed by atoms with E-state index >= 15 is 0 Å². The predicted molar refractivity (Wildman–Crippen MR) is 98.1 cm³/mol. The maximum Gasteiger partial charge on any atom is 0.213 e. The van der Waals surface area contributed by atoms with Crippen LogP contribution < -0.4 is 9.47 Å². The van der Waals surface area contributed by atoms with E-state index in [4.69, 9.17) is 9.47 Å². The van der Waals surface area contributed by atoms with Crippen molar-refractivity contribution in [2.75, 3.05) is 14.2 Å². The molecule has 0 atom stereocenters. The second-order valence-corrected chi connectivity index (χ2v) is 6.67. The Hall–Kier alpha value is -2.41. The third-order valence-corrected chi connectivity index (χ3v) is 5.43. The Bertz CT molecular complexity index is 896. The van der Waals surface area contributed by atoms with Crippen LogP contribution in [0.1, 0.15) is 48.1 Å². The van der Waals surface area contributed by atoms with Crippen molar-refractivity contribution in [3.05, 3.63) is 28.9 Å². The van der Waals surface area contributed by atoms with Crippen LogP contribution in [0.2, 0.25) is 0 Å². The summed E-state index contributed by atoms with van der Waals surface area (Å²) in [6.45, 7) is 4.29. The molecular weight excluding hydrogens is 338 g/mol. The molecule has 3 rings (SSSR count). The molecule has 0 amide bonds. The highest BCUT2D eigenvalue weighted by molar-refractivity contribution is 7.16. The van der Waals surface area contributed by atoms with Crippen LogP contribution in [-0.2, 0) is 0 Å². The summed E-state index contributed by atoms with van der Waals surface area (Å²) < 4.78 is 12.4. The SMILES string of the molecule is CCC(CC)c1nn2c(C=O)c(-c3cc(OC)ccc3OC)nc2s1. The molecule has 0 fully saturated rings. The number of hydrogen-bond donors (Lipinski definition) is 0. The van der Waals surface area contributed by atoms with Gasteiger partial charge in [0.25, 0.3) is 0 Å². The lowest BCUT2D eigenvalue weighted by Gasteiger charge is -2.09. The average Bonchev–Trinajstić information content (AvgIpc) is 3.19. The second kappa shape index (κ2) is 7.23. The number of benzene rings is 1. The van der Waals surface area contributed by atoms with E-state index in [-0.39, 0.29) is 0 Å². The third kappa shape index (κ3) is 3.00. The number of aldehydes is 1. The molecule has 0 saturated heterocycles. The lowest BCUT2D eigenvalue weighted by Crippen LogP contribution is -1.99. The van der Waals surface area contributed by atoms with Crippen LogP contribution in [-0.4, -0.2) is 35.1 Å². The predicted octanol–water partition coefficient (Wildman–Crippen LogP) is 4.19. The van der Waals surface area contributed by atoms with Crippen LogP contribution in [0.5, 0.6) is 11.5 Å². The number of carbonyl (C=O) groups excluding carboxylic acids is 1. The highest BCUT2D eigenvalue weighted by atomic mass is 32.1. The van der Waals surface area contributed by atoms with Crippen molar-refractivity contribution in [1.82, 2.24) is 14.6 Å². The lowest BCUT2D eigenvalue weighted by molar-refractivity contribution is 0.111. The zero-order valence-corrected chi connectivity index (χ0v) is 15.6. The zero-order chi connectivity index (χ0) is 18.0. The van der Waals surface area contributed by atoms with Crippen LogP contribution in [0.25, 0.3) is 16.2 Å². The van der Waals surface area contributed by atoms with Crippen LogP contribution in [0.3, 0.4) is 0 Å². The number of hydrogen-bond acceptors (Lipinski definition) is 6. The summed E-state index contributed by atoms with van der Waals surface area (Å²) in [4.78, 5) is 17.2. The first-order chi connectivity index (χ1) is 12.2. The van der Waals surface area contributed by atoms with Gasteiger partial charge < -0.3 is 9.47 Å². The Morgan fingerprint density at radius 1 is 1.24 bits per heavy atom. The van der Waals surface area contributed by atoms with E-state index in [1.54, 1.807) is 24.8 Å². The number of nitrogens with zero attached hydrogens (tertiary/aromatic N) is 3. The molecular formula is C18H21N3O3S. The Balaban J connectivity index is 2.18. The average molecular weight is 359 g/mol. The monoisotopic (exact) mass is 359 g/mol. The molecule has 0 saturated carbocycles. The standard InChI is InChI=1S/C18H21N3O3S/c1-5-11(6-2)17-20-21-14(10-22)16(19-18(21)25-17)13-9-12(23-3)7-8-15(13)24-4/h7-11H,5-6H2,1-4H3. The van der Waals surface area contributed by atoms with Crippen molar-refractivity contribution >= 4 is 22.6 Å². The van der Waals surface area contributed by atoms with Gasteiger partial charge in [0.2, 0.25) is 4.96 Å². The minimum Gasteiger partial charge on any atom is -0.497 e. The Labute approximate surface area is 150 Å². The topological polar surface area (TPSA) is 65.7 Å². The van der Waals surface area contributed by atoms with Gasteiger partial charge in [0.05, 0.1) is 14.2 Å². The van der Waals surface area contributed by atoms with Gasteiger partial charge in [0, 0.05) is 11.5 Å². The normalized spacial score (nSPS) is 11.2. The Morgan fingerprint density at radius 2 is 2.00 bits per heavy atom.